The summed E-state index contributed by atoms with van der Waals surface area (Å²) in [4.78, 5) is 22.0. The second-order valence-electron chi connectivity index (χ2n) is 5.92. The minimum Gasteiger partial charge on any atom is -0.337 e. The van der Waals surface area contributed by atoms with Crippen molar-refractivity contribution in [2.24, 2.45) is 0 Å². The number of anilines is 1. The summed E-state index contributed by atoms with van der Waals surface area (Å²) in [5, 5.41) is 21.5. The zero-order valence-electron chi connectivity index (χ0n) is 15.1. The Morgan fingerprint density at radius 3 is 2.93 bits per heavy atom. The molecule has 0 atom stereocenters. The molecule has 0 saturated carbocycles. The number of nitrogens with one attached hydrogen (secondary N) is 2. The summed E-state index contributed by atoms with van der Waals surface area (Å²) in [7, 11) is 0. The van der Waals surface area contributed by atoms with Gasteiger partial charge in [-0.2, -0.15) is 9.78 Å². The van der Waals surface area contributed by atoms with E-state index in [4.69, 9.17) is 0 Å². The van der Waals surface area contributed by atoms with Crippen molar-refractivity contribution in [1.29, 1.82) is 0 Å². The lowest BCUT2D eigenvalue weighted by Gasteiger charge is -2.02. The van der Waals surface area contributed by atoms with Gasteiger partial charge in [0, 0.05) is 37.1 Å². The van der Waals surface area contributed by atoms with E-state index in [9.17, 15) is 4.79 Å². The van der Waals surface area contributed by atoms with Crippen molar-refractivity contribution < 1.29 is 4.79 Å². The third-order valence-corrected chi connectivity index (χ3v) is 3.97. The van der Waals surface area contributed by atoms with Crippen LogP contribution in [0.4, 0.5) is 10.7 Å². The number of rotatable bonds is 6. The van der Waals surface area contributed by atoms with Crippen LogP contribution in [0.2, 0.25) is 0 Å². The summed E-state index contributed by atoms with van der Waals surface area (Å²) in [5.74, 6) is 0.798. The van der Waals surface area contributed by atoms with Gasteiger partial charge in [0.2, 0.25) is 0 Å². The molecule has 0 aromatic carbocycles. The van der Waals surface area contributed by atoms with Gasteiger partial charge < -0.3 is 5.32 Å². The van der Waals surface area contributed by atoms with Gasteiger partial charge in [-0.05, 0) is 35.9 Å². The van der Waals surface area contributed by atoms with E-state index in [0.29, 0.717) is 31.0 Å². The van der Waals surface area contributed by atoms with E-state index < -0.39 is 6.03 Å². The highest BCUT2D eigenvalue weighted by atomic mass is 16.2. The second-order valence-corrected chi connectivity index (χ2v) is 5.92. The number of nitrogens with zero attached hydrogens (tertiary/aromatic N) is 8. The Bertz CT molecular complexity index is 1090. The predicted octanol–water partition coefficient (Wildman–Crippen LogP) is 1.16. The third kappa shape index (κ3) is 3.92. The van der Waals surface area contributed by atoms with Gasteiger partial charge in [-0.15, -0.1) is 15.3 Å². The van der Waals surface area contributed by atoms with Crippen LogP contribution in [-0.2, 0) is 13.0 Å². The van der Waals surface area contributed by atoms with Gasteiger partial charge in [-0.25, -0.2) is 9.31 Å². The Labute approximate surface area is 159 Å². The average Bonchev–Trinajstić information content (AvgIpc) is 3.34. The van der Waals surface area contributed by atoms with Gasteiger partial charge in [-0.3, -0.25) is 10.3 Å². The van der Waals surface area contributed by atoms with Crippen LogP contribution in [0.5, 0.6) is 0 Å². The fraction of sp³-hybridized carbons (Fsp3) is 0.235. The third-order valence-electron chi connectivity index (χ3n) is 3.97. The van der Waals surface area contributed by atoms with Crippen LogP contribution in [0.15, 0.2) is 42.9 Å². The quantitative estimate of drug-likeness (QED) is 0.515. The molecule has 4 heterocycles. The highest BCUT2D eigenvalue weighted by Gasteiger charge is 2.09. The Balaban J connectivity index is 1.36. The minimum atomic E-state index is -0.397. The molecule has 11 nitrogen and oxygen atoms in total. The number of aryl methyl sites for hydroxylation is 1. The maximum absolute atomic E-state index is 12.0. The van der Waals surface area contributed by atoms with Crippen LogP contribution >= 0.6 is 0 Å². The molecule has 4 aromatic heterocycles. The predicted molar refractivity (Wildman–Crippen MR) is 100 cm³/mol. The van der Waals surface area contributed by atoms with Crippen LogP contribution in [0.25, 0.3) is 16.8 Å². The Kier molecular flexibility index (Phi) is 4.87. The summed E-state index contributed by atoms with van der Waals surface area (Å²) < 4.78 is 1.60. The summed E-state index contributed by atoms with van der Waals surface area (Å²) in [6.07, 6.45) is 5.78. The fourth-order valence-corrected chi connectivity index (χ4v) is 2.59. The van der Waals surface area contributed by atoms with E-state index in [-0.39, 0.29) is 5.95 Å². The first-order valence-electron chi connectivity index (χ1n) is 8.79. The summed E-state index contributed by atoms with van der Waals surface area (Å²) >= 11 is 0. The molecule has 4 rings (SSSR count). The fourth-order valence-electron chi connectivity index (χ4n) is 2.59. The van der Waals surface area contributed by atoms with Crippen LogP contribution in [-0.4, -0.2) is 52.4 Å². The van der Waals surface area contributed by atoms with Crippen LogP contribution in [0.1, 0.15) is 12.7 Å². The molecule has 28 heavy (non-hydrogen) atoms. The molecule has 0 aliphatic heterocycles. The number of amides is 2. The van der Waals surface area contributed by atoms with Crippen molar-refractivity contribution in [3.8, 4) is 11.1 Å². The van der Waals surface area contributed by atoms with Gasteiger partial charge in [0.05, 0.1) is 6.54 Å². The Hall–Kier alpha value is -3.89. The maximum Gasteiger partial charge on any atom is 0.321 e. The van der Waals surface area contributed by atoms with E-state index >= 15 is 0 Å². The van der Waals surface area contributed by atoms with Crippen molar-refractivity contribution in [3.05, 3.63) is 48.7 Å². The number of hydrogen-bond acceptors (Lipinski definition) is 7. The summed E-state index contributed by atoms with van der Waals surface area (Å²) in [6.45, 7) is 2.96. The zero-order chi connectivity index (χ0) is 19.3. The average molecular weight is 378 g/mol. The zero-order valence-corrected chi connectivity index (χ0v) is 15.1. The molecule has 0 fully saturated rings. The SMILES string of the molecule is CCn1nnc(CCNC(=O)Nc2nc3cc(-c4cccnc4)ccn3n2)n1. The van der Waals surface area contributed by atoms with Crippen molar-refractivity contribution in [3.63, 3.8) is 0 Å². The number of aromatic nitrogens is 8. The Morgan fingerprint density at radius 1 is 1.21 bits per heavy atom. The monoisotopic (exact) mass is 378 g/mol. The molecule has 0 bridgehead atoms. The minimum absolute atomic E-state index is 0.218. The molecule has 0 unspecified atom stereocenters. The van der Waals surface area contributed by atoms with Crippen molar-refractivity contribution >= 4 is 17.6 Å². The molecule has 0 spiro atoms. The van der Waals surface area contributed by atoms with Gasteiger partial charge in [0.1, 0.15) is 0 Å². The number of carbonyl (C=O) groups is 1. The molecule has 4 aromatic rings. The van der Waals surface area contributed by atoms with Crippen LogP contribution in [0.3, 0.4) is 0 Å². The van der Waals surface area contributed by atoms with E-state index in [2.05, 4.69) is 41.1 Å². The lowest BCUT2D eigenvalue weighted by atomic mass is 10.1. The summed E-state index contributed by atoms with van der Waals surface area (Å²) in [5.41, 5.74) is 2.57. The molecule has 11 heteroatoms. The molecule has 2 N–H and O–H groups in total. The van der Waals surface area contributed by atoms with Crippen LogP contribution in [0, 0.1) is 0 Å². The van der Waals surface area contributed by atoms with Gasteiger partial charge in [-0.1, -0.05) is 6.07 Å². The lowest BCUT2D eigenvalue weighted by molar-refractivity contribution is 0.252. The number of urea groups is 1. The standard InChI is InChI=1S/C17H18N10O/c1-2-27-23-14(22-25-27)5-8-19-17(28)21-16-20-15-10-12(6-9-26(15)24-16)13-4-3-7-18-11-13/h3-4,6-7,9-11H,2,5,8H2,1H3,(H2,19,21,24,28). The number of carbonyl (C=O) groups excluding carboxylic acids is 1. The van der Waals surface area contributed by atoms with Gasteiger partial charge in [0.25, 0.3) is 5.95 Å². The molecule has 0 aliphatic rings. The maximum atomic E-state index is 12.0. The van der Waals surface area contributed by atoms with E-state index in [1.54, 1.807) is 23.1 Å². The molecule has 0 aliphatic carbocycles. The number of fused-ring (bicyclic) bond motifs is 1. The molecular weight excluding hydrogens is 360 g/mol. The number of hydrogen-bond donors (Lipinski definition) is 2. The first kappa shape index (κ1) is 17.5. The molecule has 142 valence electrons. The van der Waals surface area contributed by atoms with E-state index in [0.717, 1.165) is 11.1 Å². The van der Waals surface area contributed by atoms with Gasteiger partial charge >= 0.3 is 6.03 Å². The van der Waals surface area contributed by atoms with Crippen molar-refractivity contribution in [2.45, 2.75) is 19.9 Å². The van der Waals surface area contributed by atoms with Gasteiger partial charge in [0.15, 0.2) is 11.5 Å². The first-order chi connectivity index (χ1) is 13.7. The number of tetrazole rings is 1. The second kappa shape index (κ2) is 7.78. The largest absolute Gasteiger partial charge is 0.337 e. The van der Waals surface area contributed by atoms with Crippen molar-refractivity contribution in [1.82, 2.24) is 45.1 Å². The van der Waals surface area contributed by atoms with E-state index in [1.807, 2.05) is 31.2 Å². The summed E-state index contributed by atoms with van der Waals surface area (Å²) in [6, 6.07) is 7.25. The molecule has 0 saturated heterocycles. The lowest BCUT2D eigenvalue weighted by Crippen LogP contribution is -2.31. The molecular formula is C17H18N10O. The van der Waals surface area contributed by atoms with E-state index in [1.165, 1.54) is 4.80 Å². The molecule has 2 amide bonds. The topological polar surface area (TPSA) is 128 Å². The number of pyridine rings is 2. The normalized spacial score (nSPS) is 10.9. The smallest absolute Gasteiger partial charge is 0.321 e. The highest BCUT2D eigenvalue weighted by Crippen LogP contribution is 2.19. The first-order valence-corrected chi connectivity index (χ1v) is 8.79. The highest BCUT2D eigenvalue weighted by molar-refractivity contribution is 5.87. The van der Waals surface area contributed by atoms with Crippen LogP contribution < -0.4 is 10.6 Å². The van der Waals surface area contributed by atoms with Crippen molar-refractivity contribution in [2.75, 3.05) is 11.9 Å². The molecule has 0 radical (unpaired) electrons. The Morgan fingerprint density at radius 2 is 2.14 bits per heavy atom.